The van der Waals surface area contributed by atoms with E-state index in [2.05, 4.69) is 45.6 Å². The molecule has 0 saturated carbocycles. The normalized spacial score (nSPS) is 9.38. The molecule has 8 heteroatoms. The first-order chi connectivity index (χ1) is 6.77. The van der Waals surface area contributed by atoms with Crippen molar-refractivity contribution in [3.05, 3.63) is 24.8 Å². The number of H-pyrrole nitrogens is 2. The van der Waals surface area contributed by atoms with Crippen molar-refractivity contribution in [2.75, 3.05) is 0 Å². The quantitative estimate of drug-likeness (QED) is 0.323. The molecule has 0 spiro atoms. The Morgan fingerprint density at radius 1 is 0.875 bits per heavy atom. The molecule has 0 saturated heterocycles. The number of imidazole rings is 2. The summed E-state index contributed by atoms with van der Waals surface area (Å²) in [6.45, 7) is 0. The van der Waals surface area contributed by atoms with Gasteiger partial charge in [-0.15, -0.1) is 0 Å². The third-order valence-corrected chi connectivity index (χ3v) is 8.74. The second kappa shape index (κ2) is 7.69. The van der Waals surface area contributed by atoms with E-state index in [9.17, 15) is 0 Å². The van der Waals surface area contributed by atoms with Gasteiger partial charge in [-0.3, -0.25) is 0 Å². The van der Waals surface area contributed by atoms with Gasteiger partial charge in [0.15, 0.2) is 0 Å². The summed E-state index contributed by atoms with van der Waals surface area (Å²) in [5.74, 6) is 0. The molecule has 0 aliphatic carbocycles. The van der Waals surface area contributed by atoms with E-state index in [4.69, 9.17) is 0 Å². The Hall–Kier alpha value is 0.419. The number of rotatable bonds is 3. The second-order valence-corrected chi connectivity index (χ2v) is 8.87. The molecule has 4 nitrogen and oxygen atoms in total. The number of hydrogen-bond donors (Lipinski definition) is 2. The largest absolute Gasteiger partial charge is 1.00 e. The van der Waals surface area contributed by atoms with Gasteiger partial charge in [0.05, 0.1) is 0 Å². The van der Waals surface area contributed by atoms with Crippen LogP contribution in [0.1, 0.15) is 0 Å². The fraction of sp³-hybridized carbons (Fsp3) is 0.250. The molecule has 2 rings (SSSR count). The van der Waals surface area contributed by atoms with Crippen molar-refractivity contribution >= 4 is 35.7 Å². The maximum absolute atomic E-state index is 3.27. The second-order valence-electron chi connectivity index (χ2n) is 2.92. The average molecular weight is 482 g/mol. The van der Waals surface area contributed by atoms with Crippen molar-refractivity contribution in [3.8, 4) is 0 Å². The maximum Gasteiger partial charge on any atom is -1.00 e. The van der Waals surface area contributed by atoms with E-state index in [0.29, 0.717) is 26.3 Å². The fourth-order valence-electron chi connectivity index (χ4n) is 1.02. The van der Waals surface area contributed by atoms with Gasteiger partial charge in [0.2, 0.25) is 0 Å². The third-order valence-electron chi connectivity index (χ3n) is 1.85. The van der Waals surface area contributed by atoms with Crippen molar-refractivity contribution in [2.45, 2.75) is 0 Å². The zero-order valence-electron chi connectivity index (χ0n) is 8.78. The Balaban J connectivity index is 0.00000112. The van der Waals surface area contributed by atoms with Crippen LogP contribution in [0.25, 0.3) is 0 Å². The number of aromatic nitrogens is 4. The number of nitrogens with one attached hydrogen (secondary N) is 2. The summed E-state index contributed by atoms with van der Waals surface area (Å²) >= 11 is 1.04. The standard InChI is InChI=1S/C8H10N4Se2.2BrH/c1-11-5-3-9-7(11)13-14-8-10-4-6-12(8)2;;/h3-6H,1-2H3;2*1H. The van der Waals surface area contributed by atoms with E-state index in [1.54, 1.807) is 0 Å². The molecule has 0 unspecified atom stereocenters. The van der Waals surface area contributed by atoms with E-state index < -0.39 is 0 Å². The van der Waals surface area contributed by atoms with Gasteiger partial charge in [0.25, 0.3) is 0 Å². The van der Waals surface area contributed by atoms with Crippen LogP contribution in [-0.2, 0) is 14.1 Å². The topological polar surface area (TPSA) is 39.3 Å². The number of nitrogens with zero attached hydrogens (tertiary/aromatic N) is 2. The Morgan fingerprint density at radius 3 is 1.50 bits per heavy atom. The van der Waals surface area contributed by atoms with Crippen molar-refractivity contribution in [3.63, 3.8) is 0 Å². The van der Waals surface area contributed by atoms with Crippen LogP contribution in [0.3, 0.4) is 0 Å². The Bertz CT molecular complexity index is 389. The number of aromatic amines is 2. The molecule has 2 N–H and O–H groups in total. The third kappa shape index (κ3) is 4.02. The molecule has 0 aliphatic heterocycles. The summed E-state index contributed by atoms with van der Waals surface area (Å²) in [6, 6.07) is 0. The molecule has 0 radical (unpaired) electrons. The minimum atomic E-state index is 0. The molecule has 0 fully saturated rings. The van der Waals surface area contributed by atoms with Gasteiger partial charge in [0, 0.05) is 0 Å². The number of aryl methyl sites for hydroxylation is 2. The van der Waals surface area contributed by atoms with Crippen LogP contribution in [0.4, 0.5) is 0 Å². The van der Waals surface area contributed by atoms with Gasteiger partial charge >= 0.3 is 93.7 Å². The first kappa shape index (κ1) is 16.4. The molecular formula is C8H12Br2N4Se2. The molecule has 0 bridgehead atoms. The van der Waals surface area contributed by atoms with Gasteiger partial charge in [-0.1, -0.05) is 0 Å². The van der Waals surface area contributed by atoms with Crippen LogP contribution >= 0.6 is 0 Å². The smallest absolute Gasteiger partial charge is 1.00 e. The predicted molar refractivity (Wildman–Crippen MR) is 54.7 cm³/mol. The van der Waals surface area contributed by atoms with Gasteiger partial charge < -0.3 is 34.0 Å². The Kier molecular flexibility index (Phi) is 7.89. The van der Waals surface area contributed by atoms with Crippen LogP contribution in [0.15, 0.2) is 24.8 Å². The van der Waals surface area contributed by atoms with E-state index in [0.717, 1.165) is 0 Å². The molecule has 2 heterocycles. The minimum Gasteiger partial charge on any atom is -1.00 e. The molecule has 2 aromatic rings. The van der Waals surface area contributed by atoms with Crippen molar-refractivity contribution in [1.29, 1.82) is 0 Å². The first-order valence-corrected chi connectivity index (χ1v) is 10.2. The number of halogens is 2. The Morgan fingerprint density at radius 2 is 1.25 bits per heavy atom. The average Bonchev–Trinajstić information content (AvgIpc) is 2.72. The molecule has 0 aliphatic rings. The molecule has 90 valence electrons. The van der Waals surface area contributed by atoms with Crippen LogP contribution in [-0.4, -0.2) is 36.2 Å². The van der Waals surface area contributed by atoms with Gasteiger partial charge in [-0.2, -0.15) is 0 Å². The summed E-state index contributed by atoms with van der Waals surface area (Å²) in [6.07, 6.45) is 8.09. The van der Waals surface area contributed by atoms with Gasteiger partial charge in [-0.05, 0) is 0 Å². The summed E-state index contributed by atoms with van der Waals surface area (Å²) < 4.78 is 6.99. The van der Waals surface area contributed by atoms with Crippen molar-refractivity contribution < 1.29 is 43.1 Å². The SMILES string of the molecule is C[n+]1cc[nH]c1[Se][Se]c1[nH]cc[n+]1C.[Br-].[Br-]. The van der Waals surface area contributed by atoms with Crippen LogP contribution in [0, 0.1) is 0 Å². The van der Waals surface area contributed by atoms with Crippen molar-refractivity contribution in [1.82, 2.24) is 9.97 Å². The number of hydrogen-bond acceptors (Lipinski definition) is 0. The monoisotopic (exact) mass is 482 g/mol. The van der Waals surface area contributed by atoms with Crippen LogP contribution in [0.5, 0.6) is 0 Å². The molecular weight excluding hydrogens is 470 g/mol. The van der Waals surface area contributed by atoms with Crippen LogP contribution < -0.4 is 52.5 Å². The van der Waals surface area contributed by atoms with Crippen molar-refractivity contribution in [2.24, 2.45) is 14.1 Å². The summed E-state index contributed by atoms with van der Waals surface area (Å²) in [4.78, 5) is 6.54. The first-order valence-electron chi connectivity index (χ1n) is 4.18. The van der Waals surface area contributed by atoms with Crippen LogP contribution in [0.2, 0.25) is 0 Å². The fourth-order valence-corrected chi connectivity index (χ4v) is 7.93. The zero-order chi connectivity index (χ0) is 9.97. The van der Waals surface area contributed by atoms with E-state index in [1.165, 1.54) is 9.45 Å². The zero-order valence-corrected chi connectivity index (χ0v) is 15.4. The summed E-state index contributed by atoms with van der Waals surface area (Å²) in [7, 11) is 4.16. The van der Waals surface area contributed by atoms with E-state index in [-0.39, 0.29) is 34.0 Å². The predicted octanol–water partition coefficient (Wildman–Crippen LogP) is -8.73. The van der Waals surface area contributed by atoms with Gasteiger partial charge in [0.1, 0.15) is 0 Å². The molecule has 0 aromatic carbocycles. The maximum atomic E-state index is 3.27. The molecule has 0 amide bonds. The van der Waals surface area contributed by atoms with E-state index in [1.807, 2.05) is 12.4 Å². The molecule has 0 atom stereocenters. The minimum absolute atomic E-state index is 0. The summed E-state index contributed by atoms with van der Waals surface area (Å²) in [5.41, 5.74) is 0. The van der Waals surface area contributed by atoms with E-state index >= 15 is 0 Å². The van der Waals surface area contributed by atoms with Gasteiger partial charge in [-0.25, -0.2) is 0 Å². The molecule has 16 heavy (non-hydrogen) atoms. The summed E-state index contributed by atoms with van der Waals surface area (Å²) in [5, 5.41) is 0. The Labute approximate surface area is 127 Å². The molecule has 2 aromatic heterocycles.